The van der Waals surface area contributed by atoms with Crippen LogP contribution < -0.4 is 53.7 Å². The number of amides is 6. The lowest BCUT2D eigenvalue weighted by molar-refractivity contribution is -0.202. The van der Waals surface area contributed by atoms with E-state index < -0.39 is 102 Å². The molecule has 2 aromatic rings. The van der Waals surface area contributed by atoms with Gasteiger partial charge in [-0.05, 0) is 123 Å². The Morgan fingerprint density at radius 1 is 0.611 bits per heavy atom. The molecule has 0 heterocycles. The zero-order valence-electron chi connectivity index (χ0n) is 52.9. The molecule has 6 rings (SSSR count). The van der Waals surface area contributed by atoms with Crippen LogP contribution in [0.3, 0.4) is 0 Å². The first-order chi connectivity index (χ1) is 42.8. The molecule has 0 aliphatic heterocycles. The van der Waals surface area contributed by atoms with E-state index >= 15 is 0 Å². The molecule has 0 aromatic heterocycles. The predicted molar refractivity (Wildman–Crippen MR) is 328 cm³/mol. The van der Waals surface area contributed by atoms with Crippen LogP contribution in [0.1, 0.15) is 145 Å². The molecule has 27 nitrogen and oxygen atoms in total. The maximum absolute atomic E-state index is 14.1. The number of hydrogen-bond donors (Lipinski definition) is 11. The minimum absolute atomic E-state index is 0.0116. The number of aliphatic hydroxyl groups is 1. The van der Waals surface area contributed by atoms with Crippen LogP contribution in [-0.4, -0.2) is 173 Å². The highest BCUT2D eigenvalue weighted by molar-refractivity contribution is 6.04. The minimum Gasteiger partial charge on any atom is -0.505 e. The highest BCUT2D eigenvalue weighted by atomic mass is 16.6. The van der Waals surface area contributed by atoms with Crippen molar-refractivity contribution in [1.29, 1.82) is 0 Å². The standard InChI is InChI=1S/C63H96N8O19/c1-7-8-9-10-19-63(4,82)48-16-11-38-37-31-47(90-60(81)42(65)33-50(73)69-23-25-86-27-29-88-35-52(75)71-44-13-15-46(84-6)54(56(44)77)58(67)79)40-30-36(17-20-61(40,2)39(37)18-21-62(38,48)3)89-59(80)41(64)32-49(72)68-22-24-85-26-28-87-34-51(74)70-43-12-14-45(83-5)53(55(43)76)57(66)78/h12-15,36-42,47-48,76-77,82H,7-11,16-35,64-65H2,1-6H3,(H2,66,78)(H2,67,79)(H,68,72)(H,69,73)(H,70,74)(H,71,75). The van der Waals surface area contributed by atoms with Gasteiger partial charge in [-0.2, -0.15) is 0 Å². The second-order valence-electron chi connectivity index (χ2n) is 24.9. The molecule has 4 saturated carbocycles. The quantitative estimate of drug-likeness (QED) is 0.0264. The van der Waals surface area contributed by atoms with Crippen LogP contribution >= 0.6 is 0 Å². The molecule has 4 fully saturated rings. The number of hydrogen-bond acceptors (Lipinski definition) is 21. The van der Waals surface area contributed by atoms with E-state index in [2.05, 4.69) is 42.0 Å². The van der Waals surface area contributed by atoms with Crippen LogP contribution in [0.4, 0.5) is 11.4 Å². The third-order valence-electron chi connectivity index (χ3n) is 19.0. The summed E-state index contributed by atoms with van der Waals surface area (Å²) in [5, 5.41) is 43.2. The van der Waals surface area contributed by atoms with Crippen LogP contribution in [0.15, 0.2) is 24.3 Å². The van der Waals surface area contributed by atoms with Crippen molar-refractivity contribution in [3.05, 3.63) is 35.4 Å². The van der Waals surface area contributed by atoms with Gasteiger partial charge in [0, 0.05) is 19.0 Å². The molecule has 12 atom stereocenters. The number of methoxy groups -OCH3 is 2. The molecule has 27 heteroatoms. The molecule has 502 valence electrons. The Bertz CT molecular complexity index is 2820. The topological polar surface area (TPSA) is 423 Å². The van der Waals surface area contributed by atoms with E-state index in [1.165, 1.54) is 38.5 Å². The zero-order valence-corrected chi connectivity index (χ0v) is 52.9. The molecule has 4 aliphatic rings. The Labute approximate surface area is 525 Å². The van der Waals surface area contributed by atoms with Crippen molar-refractivity contribution in [3.63, 3.8) is 0 Å². The summed E-state index contributed by atoms with van der Waals surface area (Å²) in [5.74, 6) is -6.05. The first kappa shape index (κ1) is 72.2. The summed E-state index contributed by atoms with van der Waals surface area (Å²) in [4.78, 5) is 102. The fourth-order valence-corrected chi connectivity index (χ4v) is 14.6. The number of benzene rings is 2. The lowest BCUT2D eigenvalue weighted by Crippen LogP contribution is -2.60. The molecule has 12 unspecified atom stereocenters. The highest BCUT2D eigenvalue weighted by Gasteiger charge is 2.65. The van der Waals surface area contributed by atoms with Crippen molar-refractivity contribution in [2.24, 2.45) is 63.4 Å². The number of ether oxygens (including phenoxy) is 8. The first-order valence-electron chi connectivity index (χ1n) is 31.3. The summed E-state index contributed by atoms with van der Waals surface area (Å²) < 4.78 is 44.3. The van der Waals surface area contributed by atoms with Crippen LogP contribution in [0, 0.1) is 40.4 Å². The van der Waals surface area contributed by atoms with Crippen molar-refractivity contribution >= 4 is 58.8 Å². The Kier molecular flexibility index (Phi) is 26.8. The summed E-state index contributed by atoms with van der Waals surface area (Å²) in [6.07, 6.45) is 8.95. The average molecular weight is 1270 g/mol. The van der Waals surface area contributed by atoms with Gasteiger partial charge in [0.1, 0.15) is 60.1 Å². The molecule has 15 N–H and O–H groups in total. The summed E-state index contributed by atoms with van der Waals surface area (Å²) in [7, 11) is 2.60. The second kappa shape index (κ2) is 33.4. The second-order valence-corrected chi connectivity index (χ2v) is 24.9. The van der Waals surface area contributed by atoms with Gasteiger partial charge in [-0.15, -0.1) is 0 Å². The molecule has 2 aromatic carbocycles. The van der Waals surface area contributed by atoms with Gasteiger partial charge in [0.05, 0.1) is 83.7 Å². The van der Waals surface area contributed by atoms with Crippen molar-refractivity contribution < 1.29 is 91.6 Å². The summed E-state index contributed by atoms with van der Waals surface area (Å²) in [6, 6.07) is 2.86. The molecule has 6 amide bonds. The van der Waals surface area contributed by atoms with Gasteiger partial charge in [-0.1, -0.05) is 46.5 Å². The summed E-state index contributed by atoms with van der Waals surface area (Å²) in [5.41, 5.74) is 21.4. The number of fused-ring (bicyclic) bond motifs is 5. The maximum Gasteiger partial charge on any atom is 0.323 e. The molecule has 0 spiro atoms. The predicted octanol–water partition coefficient (Wildman–Crippen LogP) is 3.44. The number of nitrogens with one attached hydrogen (secondary N) is 4. The van der Waals surface area contributed by atoms with Gasteiger partial charge in [0.15, 0.2) is 11.5 Å². The number of primary amides is 2. The third-order valence-corrected chi connectivity index (χ3v) is 19.0. The molecule has 90 heavy (non-hydrogen) atoms. The lowest BCUT2D eigenvalue weighted by Gasteiger charge is -2.63. The van der Waals surface area contributed by atoms with Crippen molar-refractivity contribution in [1.82, 2.24) is 10.6 Å². The number of esters is 2. The van der Waals surface area contributed by atoms with Crippen LogP contribution in [-0.2, 0) is 57.2 Å². The van der Waals surface area contributed by atoms with Gasteiger partial charge in [0.25, 0.3) is 11.8 Å². The van der Waals surface area contributed by atoms with E-state index in [0.29, 0.717) is 25.7 Å². The van der Waals surface area contributed by atoms with E-state index in [1.54, 1.807) is 0 Å². The molecule has 0 radical (unpaired) electrons. The molecule has 4 aliphatic carbocycles. The smallest absolute Gasteiger partial charge is 0.323 e. The van der Waals surface area contributed by atoms with Crippen LogP contribution in [0.5, 0.6) is 23.0 Å². The van der Waals surface area contributed by atoms with E-state index in [1.807, 2.05) is 6.92 Å². The average Bonchev–Trinajstić information content (AvgIpc) is 1.31. The van der Waals surface area contributed by atoms with E-state index in [-0.39, 0.29) is 140 Å². The molecular formula is C63H96N8O19. The number of carbonyl (C=O) groups excluding carboxylic acids is 8. The van der Waals surface area contributed by atoms with Crippen molar-refractivity contribution in [2.45, 2.75) is 154 Å². The molecule has 0 saturated heterocycles. The zero-order chi connectivity index (χ0) is 65.9. The van der Waals surface area contributed by atoms with Gasteiger partial charge >= 0.3 is 11.9 Å². The number of rotatable bonds is 36. The molecule has 0 bridgehead atoms. The van der Waals surface area contributed by atoms with Crippen LogP contribution in [0.2, 0.25) is 0 Å². The third kappa shape index (κ3) is 18.6. The largest absolute Gasteiger partial charge is 0.505 e. The number of aromatic hydroxyl groups is 2. The van der Waals surface area contributed by atoms with Gasteiger partial charge in [-0.25, -0.2) is 0 Å². The normalized spacial score (nSPS) is 24.7. The Morgan fingerprint density at radius 2 is 1.10 bits per heavy atom. The van der Waals surface area contributed by atoms with E-state index in [9.17, 15) is 53.7 Å². The number of nitrogens with two attached hydrogens (primary N) is 4. The van der Waals surface area contributed by atoms with Gasteiger partial charge in [-0.3, -0.25) is 38.4 Å². The van der Waals surface area contributed by atoms with Crippen molar-refractivity contribution in [3.8, 4) is 23.0 Å². The Balaban J connectivity index is 0.968. The fourth-order valence-electron chi connectivity index (χ4n) is 14.6. The first-order valence-corrected chi connectivity index (χ1v) is 31.3. The Morgan fingerprint density at radius 3 is 1.60 bits per heavy atom. The summed E-state index contributed by atoms with van der Waals surface area (Å²) in [6.45, 7) is 8.50. The number of anilines is 2. The van der Waals surface area contributed by atoms with E-state index in [4.69, 9.17) is 60.8 Å². The monoisotopic (exact) mass is 1270 g/mol. The fraction of sp³-hybridized carbons (Fsp3) is 0.683. The number of carbonyl (C=O) groups is 8. The Hall–Kier alpha value is -6.88. The SMILES string of the molecule is CCCCCCC(C)(O)C1CCC2C3CC(OC(=O)C(N)CC(=O)NCCOCCOCC(=O)Nc4ccc(OC)c(C(N)=O)c4O)C4CC(OC(=O)C(N)CC(=O)NCCOCCOCC(=O)Nc5ccc(OC)c(C(N)=O)c5O)CCC4(C)C3CCC21C. The maximum atomic E-state index is 14.1. The van der Waals surface area contributed by atoms with Crippen molar-refractivity contribution in [2.75, 3.05) is 90.8 Å². The number of phenols is 2. The number of unbranched alkanes of at least 4 members (excludes halogenated alkanes) is 3. The minimum atomic E-state index is -1.30. The highest BCUT2D eigenvalue weighted by Crippen LogP contribution is 2.69. The van der Waals surface area contributed by atoms with Gasteiger partial charge in [0.2, 0.25) is 23.6 Å². The molecular weight excluding hydrogens is 1170 g/mol. The van der Waals surface area contributed by atoms with Crippen LogP contribution in [0.25, 0.3) is 0 Å². The summed E-state index contributed by atoms with van der Waals surface area (Å²) >= 11 is 0. The lowest BCUT2D eigenvalue weighted by atomic mass is 9.43. The van der Waals surface area contributed by atoms with Gasteiger partial charge < -0.3 is 97.4 Å². The van der Waals surface area contributed by atoms with E-state index in [0.717, 1.165) is 57.8 Å².